The molecule has 16 nitrogen and oxygen atoms in total. The molecule has 0 spiro atoms. The fourth-order valence-corrected chi connectivity index (χ4v) is 5.37. The van der Waals surface area contributed by atoms with Crippen molar-refractivity contribution < 1.29 is 43.8 Å². The zero-order chi connectivity index (χ0) is 37.7. The van der Waals surface area contributed by atoms with Gasteiger partial charge in [-0.1, -0.05) is 45.9 Å². The third-order valence-corrected chi connectivity index (χ3v) is 8.42. The van der Waals surface area contributed by atoms with Crippen molar-refractivity contribution in [3.8, 4) is 0 Å². The molecular formula is C32H47N7O9S2. The Bertz CT molecular complexity index is 1530. The topological polar surface area (TPSA) is 262 Å². The molecule has 10 N–H and O–H groups in total. The van der Waals surface area contributed by atoms with E-state index in [9.17, 15) is 43.8 Å². The second-order valence-electron chi connectivity index (χ2n) is 12.6. The zero-order valence-electron chi connectivity index (χ0n) is 28.3. The lowest BCUT2D eigenvalue weighted by molar-refractivity contribution is -0.143. The van der Waals surface area contributed by atoms with Crippen molar-refractivity contribution in [3.63, 3.8) is 0 Å². The number of H-pyrrole nitrogens is 1. The van der Waals surface area contributed by atoms with Crippen LogP contribution >= 0.6 is 25.3 Å². The Labute approximate surface area is 300 Å². The molecule has 0 saturated heterocycles. The summed E-state index contributed by atoms with van der Waals surface area (Å²) >= 11 is 7.98. The second kappa shape index (κ2) is 19.8. The van der Waals surface area contributed by atoms with Crippen molar-refractivity contribution in [2.75, 3.05) is 11.5 Å². The van der Waals surface area contributed by atoms with Crippen LogP contribution in [0.5, 0.6) is 0 Å². The van der Waals surface area contributed by atoms with E-state index in [0.29, 0.717) is 5.56 Å². The predicted molar refractivity (Wildman–Crippen MR) is 192 cm³/mol. The number of carbonyl (C=O) groups is 7. The van der Waals surface area contributed by atoms with Gasteiger partial charge in [-0.25, -0.2) is 4.79 Å². The normalized spacial score (nSPS) is 14.9. The van der Waals surface area contributed by atoms with Crippen LogP contribution in [0, 0.1) is 11.8 Å². The zero-order valence-corrected chi connectivity index (χ0v) is 30.1. The number of nitrogens with one attached hydrogen (secondary N) is 6. The minimum Gasteiger partial charge on any atom is -0.481 e. The van der Waals surface area contributed by atoms with Crippen molar-refractivity contribution in [1.82, 2.24) is 31.6 Å². The van der Waals surface area contributed by atoms with Crippen molar-refractivity contribution in [2.45, 2.75) is 83.2 Å². The van der Waals surface area contributed by atoms with Gasteiger partial charge < -0.3 is 47.5 Å². The van der Waals surface area contributed by atoms with Gasteiger partial charge in [0, 0.05) is 35.0 Å². The average molecular weight is 738 g/mol. The summed E-state index contributed by atoms with van der Waals surface area (Å²) in [6.45, 7) is 6.72. The molecule has 0 fully saturated rings. The maximum Gasteiger partial charge on any atom is 0.327 e. The molecule has 0 aliphatic rings. The summed E-state index contributed by atoms with van der Waals surface area (Å²) in [4.78, 5) is 92.6. The molecule has 1 aromatic heterocycles. The Kier molecular flexibility index (Phi) is 16.6. The Morgan fingerprint density at radius 2 is 1.30 bits per heavy atom. The number of amides is 5. The molecule has 18 heteroatoms. The quantitative estimate of drug-likeness (QED) is 0.0783. The number of nitrogens with two attached hydrogens (primary N) is 1. The molecule has 1 heterocycles. The number of aromatic nitrogens is 1. The van der Waals surface area contributed by atoms with Gasteiger partial charge in [0.2, 0.25) is 29.5 Å². The molecule has 6 atom stereocenters. The molecule has 2 rings (SSSR count). The molecule has 50 heavy (non-hydrogen) atoms. The van der Waals surface area contributed by atoms with E-state index in [0.717, 1.165) is 10.9 Å². The first-order valence-electron chi connectivity index (χ1n) is 16.0. The maximum atomic E-state index is 13.8. The number of rotatable bonds is 20. The molecule has 1 aromatic carbocycles. The number of para-hydroxylation sites is 1. The van der Waals surface area contributed by atoms with Crippen LogP contribution in [0.4, 0.5) is 0 Å². The minimum atomic E-state index is -1.68. The Balaban J connectivity index is 2.33. The smallest absolute Gasteiger partial charge is 0.327 e. The van der Waals surface area contributed by atoms with Gasteiger partial charge in [-0.15, -0.1) is 0 Å². The van der Waals surface area contributed by atoms with Gasteiger partial charge in [0.15, 0.2) is 0 Å². The van der Waals surface area contributed by atoms with Crippen LogP contribution in [0.3, 0.4) is 0 Å². The summed E-state index contributed by atoms with van der Waals surface area (Å²) in [5.74, 6) is -7.87. The highest BCUT2D eigenvalue weighted by Crippen LogP contribution is 2.19. The Hall–Kier alpha value is -4.29. The lowest BCUT2D eigenvalue weighted by Gasteiger charge is -2.28. The standard InChI is InChI=1S/C32H47N7O9S2/c1-15(2)9-21(36-29(44)22(35-27(42)19(33)13-49)10-17-12-34-20-8-6-5-7-18(17)20)28(43)37-23(11-25(40)41)30(45)39-26(16(3)4)31(46)38-24(14-50)32(47)48/h5-8,12,15-16,19,21-24,26,34,49-50H,9-11,13-14,33H2,1-4H3,(H,35,42)(H,36,44)(H,37,43)(H,38,46)(H,39,45)(H,40,41)(H,47,48). The molecule has 0 aliphatic heterocycles. The van der Waals surface area contributed by atoms with Gasteiger partial charge in [0.1, 0.15) is 30.2 Å². The molecule has 0 bridgehead atoms. The maximum absolute atomic E-state index is 13.8. The van der Waals surface area contributed by atoms with E-state index in [1.807, 2.05) is 24.3 Å². The Morgan fingerprint density at radius 1 is 0.740 bits per heavy atom. The largest absolute Gasteiger partial charge is 0.481 e. The number of hydrogen-bond acceptors (Lipinski definition) is 10. The fraction of sp³-hybridized carbons (Fsp3) is 0.531. The summed E-state index contributed by atoms with van der Waals surface area (Å²) in [5.41, 5.74) is 7.36. The van der Waals surface area contributed by atoms with Crippen LogP contribution in [0.15, 0.2) is 30.5 Å². The molecule has 0 saturated carbocycles. The van der Waals surface area contributed by atoms with Crippen LogP contribution in [0.25, 0.3) is 10.9 Å². The second-order valence-corrected chi connectivity index (χ2v) is 13.3. The summed E-state index contributed by atoms with van der Waals surface area (Å²) in [6, 6.07) is -0.460. The number of aromatic amines is 1. The van der Waals surface area contributed by atoms with E-state index in [-0.39, 0.29) is 30.3 Å². The van der Waals surface area contributed by atoms with E-state index >= 15 is 0 Å². The SMILES string of the molecule is CC(C)CC(NC(=O)C(Cc1c[nH]c2ccccc12)NC(=O)C(N)CS)C(=O)NC(CC(=O)O)C(=O)NC(C(=O)NC(CS)C(=O)O)C(C)C. The first kappa shape index (κ1) is 41.9. The van der Waals surface area contributed by atoms with Crippen molar-refractivity contribution >= 4 is 77.6 Å². The number of carboxylic acids is 2. The van der Waals surface area contributed by atoms with Crippen molar-refractivity contribution in [1.29, 1.82) is 0 Å². The predicted octanol–water partition coefficient (Wildman–Crippen LogP) is -0.417. The summed E-state index contributed by atoms with van der Waals surface area (Å²) in [6.07, 6.45) is 0.922. The van der Waals surface area contributed by atoms with Gasteiger partial charge in [-0.3, -0.25) is 28.8 Å². The third-order valence-electron chi connectivity index (χ3n) is 7.66. The summed E-state index contributed by atoms with van der Waals surface area (Å²) in [5, 5.41) is 32.0. The van der Waals surface area contributed by atoms with Gasteiger partial charge in [-0.05, 0) is 29.9 Å². The van der Waals surface area contributed by atoms with E-state index in [1.165, 1.54) is 0 Å². The van der Waals surface area contributed by atoms with Crippen LogP contribution in [-0.4, -0.2) is 104 Å². The average Bonchev–Trinajstić information content (AvgIpc) is 3.46. The molecular weight excluding hydrogens is 691 g/mol. The van der Waals surface area contributed by atoms with Gasteiger partial charge >= 0.3 is 11.9 Å². The highest BCUT2D eigenvalue weighted by molar-refractivity contribution is 7.80. The first-order valence-corrected chi connectivity index (χ1v) is 17.2. The molecule has 0 radical (unpaired) electrons. The number of carbonyl (C=O) groups excluding carboxylic acids is 5. The van der Waals surface area contributed by atoms with Gasteiger partial charge in [-0.2, -0.15) is 25.3 Å². The van der Waals surface area contributed by atoms with E-state index in [1.54, 1.807) is 33.9 Å². The third kappa shape index (κ3) is 12.5. The summed E-state index contributed by atoms with van der Waals surface area (Å²) < 4.78 is 0. The highest BCUT2D eigenvalue weighted by Gasteiger charge is 2.35. The number of aliphatic carboxylic acids is 2. The van der Waals surface area contributed by atoms with Crippen LogP contribution in [0.2, 0.25) is 0 Å². The van der Waals surface area contributed by atoms with Crippen LogP contribution in [-0.2, 0) is 40.0 Å². The van der Waals surface area contributed by atoms with E-state index in [2.05, 4.69) is 56.8 Å². The highest BCUT2D eigenvalue weighted by atomic mass is 32.1. The number of benzene rings is 1. The number of hydrogen-bond donors (Lipinski definition) is 11. The van der Waals surface area contributed by atoms with Crippen molar-refractivity contribution in [2.24, 2.45) is 17.6 Å². The number of carboxylic acid groups (broad SMARTS) is 2. The molecule has 276 valence electrons. The number of fused-ring (bicyclic) bond motifs is 1. The molecule has 5 amide bonds. The Morgan fingerprint density at radius 3 is 1.86 bits per heavy atom. The monoisotopic (exact) mass is 737 g/mol. The van der Waals surface area contributed by atoms with Crippen LogP contribution in [0.1, 0.15) is 46.1 Å². The minimum absolute atomic E-state index is 0.00727. The fourth-order valence-electron chi connectivity index (χ4n) is 4.96. The molecule has 0 aliphatic carbocycles. The molecule has 2 aromatic rings. The first-order chi connectivity index (χ1) is 23.5. The van der Waals surface area contributed by atoms with Crippen molar-refractivity contribution in [3.05, 3.63) is 36.0 Å². The van der Waals surface area contributed by atoms with Gasteiger partial charge in [0.05, 0.1) is 12.5 Å². The lowest BCUT2D eigenvalue weighted by atomic mass is 9.99. The van der Waals surface area contributed by atoms with Crippen LogP contribution < -0.4 is 32.3 Å². The van der Waals surface area contributed by atoms with Gasteiger partial charge in [0.25, 0.3) is 0 Å². The number of thiol groups is 2. The van der Waals surface area contributed by atoms with E-state index in [4.69, 9.17) is 5.73 Å². The van der Waals surface area contributed by atoms with E-state index < -0.39 is 90.1 Å². The molecule has 6 unspecified atom stereocenters. The summed E-state index contributed by atoms with van der Waals surface area (Å²) in [7, 11) is 0. The lowest BCUT2D eigenvalue weighted by Crippen LogP contribution is -2.60.